The molecule has 1 amide bonds. The smallest absolute Gasteiger partial charge is 0.416 e. The van der Waals surface area contributed by atoms with E-state index in [-0.39, 0.29) is 13.2 Å². The number of aryl methyl sites for hydroxylation is 1. The first-order chi connectivity index (χ1) is 17.5. The molecule has 2 aromatic carbocycles. The molecule has 1 aliphatic heterocycles. The van der Waals surface area contributed by atoms with Crippen molar-refractivity contribution in [2.75, 3.05) is 25.2 Å². The number of carbonyl (C=O) groups is 2. The van der Waals surface area contributed by atoms with Crippen molar-refractivity contribution in [1.29, 1.82) is 0 Å². The maximum Gasteiger partial charge on any atom is 0.416 e. The van der Waals surface area contributed by atoms with Gasteiger partial charge in [-0.15, -0.1) is 0 Å². The van der Waals surface area contributed by atoms with E-state index in [1.165, 1.54) is 13.2 Å². The van der Waals surface area contributed by atoms with E-state index >= 15 is 0 Å². The zero-order valence-corrected chi connectivity index (χ0v) is 20.5. The fourth-order valence-corrected chi connectivity index (χ4v) is 4.50. The number of ether oxygens (including phenoxy) is 1. The molecule has 196 valence electrons. The maximum absolute atomic E-state index is 13.4. The Labute approximate surface area is 211 Å². The van der Waals surface area contributed by atoms with Gasteiger partial charge in [0.1, 0.15) is 11.4 Å². The highest BCUT2D eigenvalue weighted by atomic mass is 19.4. The number of fused-ring (bicyclic) bond motifs is 1. The van der Waals surface area contributed by atoms with E-state index < -0.39 is 35.7 Å². The van der Waals surface area contributed by atoms with Gasteiger partial charge in [-0.25, -0.2) is 9.48 Å². The lowest BCUT2D eigenvalue weighted by Crippen LogP contribution is -2.30. The van der Waals surface area contributed by atoms with E-state index in [4.69, 9.17) is 4.74 Å². The molecule has 1 aromatic heterocycles. The number of hydrogen-bond donors (Lipinski definition) is 2. The van der Waals surface area contributed by atoms with Crippen LogP contribution in [0.25, 0.3) is 0 Å². The first-order valence-corrected chi connectivity index (χ1v) is 11.6. The molecule has 37 heavy (non-hydrogen) atoms. The number of halogens is 3. The van der Waals surface area contributed by atoms with Crippen molar-refractivity contribution in [2.45, 2.75) is 38.7 Å². The number of alkyl halides is 3. The first kappa shape index (κ1) is 26.2. The lowest BCUT2D eigenvalue weighted by molar-refractivity contribution is -0.137. The zero-order chi connectivity index (χ0) is 26.9. The summed E-state index contributed by atoms with van der Waals surface area (Å²) in [4.78, 5) is 26.8. The largest absolute Gasteiger partial charge is 0.465 e. The van der Waals surface area contributed by atoms with Crippen molar-refractivity contribution in [2.24, 2.45) is 0 Å². The molecule has 1 aliphatic rings. The van der Waals surface area contributed by atoms with Gasteiger partial charge >= 0.3 is 12.1 Å². The Morgan fingerprint density at radius 1 is 1.22 bits per heavy atom. The van der Waals surface area contributed by atoms with Crippen molar-refractivity contribution in [3.8, 4) is 0 Å². The molecular weight excluding hydrogens is 489 g/mol. The van der Waals surface area contributed by atoms with Gasteiger partial charge in [-0.1, -0.05) is 24.3 Å². The maximum atomic E-state index is 13.4. The lowest BCUT2D eigenvalue weighted by atomic mass is 10.1. The SMILES string of the molecule is COC(=O)c1ccc([C@H](C)NC(=O)c2c(C)nn3c2N(Cc2cccc(C(F)(F)F)c2)C[C@H]3CO)cc1. The average molecular weight is 517 g/mol. The number of methoxy groups -OCH3 is 1. The minimum Gasteiger partial charge on any atom is -0.465 e. The van der Waals surface area contributed by atoms with Crippen LogP contribution in [0.1, 0.15) is 62.1 Å². The molecule has 2 N–H and O–H groups in total. The molecule has 8 nitrogen and oxygen atoms in total. The molecule has 0 radical (unpaired) electrons. The Kier molecular flexibility index (Phi) is 7.26. The van der Waals surface area contributed by atoms with Crippen LogP contribution < -0.4 is 10.2 Å². The van der Waals surface area contributed by atoms with Crippen molar-refractivity contribution in [1.82, 2.24) is 15.1 Å². The number of aliphatic hydroxyl groups excluding tert-OH is 1. The van der Waals surface area contributed by atoms with Gasteiger partial charge in [0, 0.05) is 13.1 Å². The molecular formula is C26H27F3N4O4. The second-order valence-electron chi connectivity index (χ2n) is 8.95. The molecule has 0 bridgehead atoms. The van der Waals surface area contributed by atoms with Crippen molar-refractivity contribution < 1.29 is 32.6 Å². The third-order valence-corrected chi connectivity index (χ3v) is 6.38. The van der Waals surface area contributed by atoms with Crippen LogP contribution in [0.2, 0.25) is 0 Å². The Bertz CT molecular complexity index is 1300. The minimum absolute atomic E-state index is 0.108. The minimum atomic E-state index is -4.47. The lowest BCUT2D eigenvalue weighted by Gasteiger charge is -2.21. The Hall–Kier alpha value is -3.86. The number of hydrogen-bond acceptors (Lipinski definition) is 6. The van der Waals surface area contributed by atoms with Gasteiger partial charge in [0.15, 0.2) is 0 Å². The number of aliphatic hydroxyl groups is 1. The number of anilines is 1. The molecule has 0 unspecified atom stereocenters. The van der Waals surface area contributed by atoms with E-state index in [1.54, 1.807) is 53.8 Å². The summed E-state index contributed by atoms with van der Waals surface area (Å²) in [6.07, 6.45) is -4.47. The van der Waals surface area contributed by atoms with Crippen LogP contribution in [0.15, 0.2) is 48.5 Å². The number of nitrogens with zero attached hydrogens (tertiary/aromatic N) is 3. The summed E-state index contributed by atoms with van der Waals surface area (Å²) in [7, 11) is 1.30. The molecule has 0 aliphatic carbocycles. The van der Waals surface area contributed by atoms with Crippen molar-refractivity contribution >= 4 is 17.7 Å². The summed E-state index contributed by atoms with van der Waals surface area (Å²) in [5.41, 5.74) is 1.54. The highest BCUT2D eigenvalue weighted by Gasteiger charge is 2.36. The van der Waals surface area contributed by atoms with Crippen molar-refractivity contribution in [3.63, 3.8) is 0 Å². The number of aromatic nitrogens is 2. The van der Waals surface area contributed by atoms with Gasteiger partial charge in [-0.3, -0.25) is 4.79 Å². The second kappa shape index (κ2) is 10.3. The van der Waals surface area contributed by atoms with Gasteiger partial charge in [-0.05, 0) is 49.2 Å². The van der Waals surface area contributed by atoms with Crippen molar-refractivity contribution in [3.05, 3.63) is 82.0 Å². The number of esters is 1. The third-order valence-electron chi connectivity index (χ3n) is 6.38. The molecule has 2 atom stereocenters. The van der Waals surface area contributed by atoms with Crippen LogP contribution in [0, 0.1) is 6.92 Å². The number of nitrogens with one attached hydrogen (secondary N) is 1. The van der Waals surface area contributed by atoms with Crippen LogP contribution in [-0.2, 0) is 17.5 Å². The summed E-state index contributed by atoms with van der Waals surface area (Å²) < 4.78 is 45.9. The number of amides is 1. The van der Waals surface area contributed by atoms with E-state index in [0.717, 1.165) is 17.7 Å². The highest BCUT2D eigenvalue weighted by molar-refractivity contribution is 6.00. The summed E-state index contributed by atoms with van der Waals surface area (Å²) >= 11 is 0. The highest BCUT2D eigenvalue weighted by Crippen LogP contribution is 2.36. The monoisotopic (exact) mass is 516 g/mol. The van der Waals surface area contributed by atoms with Gasteiger partial charge in [0.05, 0.1) is 42.6 Å². The first-order valence-electron chi connectivity index (χ1n) is 11.6. The summed E-state index contributed by atoms with van der Waals surface area (Å²) in [5.74, 6) is -0.427. The molecule has 0 spiro atoms. The fraction of sp³-hybridized carbons (Fsp3) is 0.346. The second-order valence-corrected chi connectivity index (χ2v) is 8.95. The quantitative estimate of drug-likeness (QED) is 0.460. The van der Waals surface area contributed by atoms with Crippen LogP contribution in [-0.4, -0.2) is 47.0 Å². The van der Waals surface area contributed by atoms with Gasteiger partial charge < -0.3 is 20.1 Å². The van der Waals surface area contributed by atoms with Crippen LogP contribution in [0.5, 0.6) is 0 Å². The van der Waals surface area contributed by atoms with E-state index in [9.17, 15) is 27.9 Å². The molecule has 3 aromatic rings. The van der Waals surface area contributed by atoms with Crippen LogP contribution in [0.4, 0.5) is 19.0 Å². The zero-order valence-electron chi connectivity index (χ0n) is 20.5. The van der Waals surface area contributed by atoms with E-state index in [0.29, 0.717) is 34.7 Å². The number of rotatable bonds is 7. The summed E-state index contributed by atoms with van der Waals surface area (Å²) in [6, 6.07) is 10.8. The molecule has 11 heteroatoms. The van der Waals surface area contributed by atoms with Gasteiger partial charge in [0.25, 0.3) is 5.91 Å². The van der Waals surface area contributed by atoms with Crippen LogP contribution >= 0.6 is 0 Å². The Morgan fingerprint density at radius 2 is 1.92 bits per heavy atom. The standard InChI is InChI=1S/C26H27F3N4O4/c1-15(18-7-9-19(10-8-18)25(36)37-3)30-23(35)22-16(2)31-33-21(14-34)13-32(24(22)33)12-17-5-4-6-20(11-17)26(27,28)29/h4-11,15,21,34H,12-14H2,1-3H3,(H,30,35)/t15-,21-/m0/s1. The number of carbonyl (C=O) groups excluding carboxylic acids is 2. The molecule has 0 saturated heterocycles. The van der Waals surface area contributed by atoms with Gasteiger partial charge in [-0.2, -0.15) is 18.3 Å². The predicted octanol–water partition coefficient (Wildman–Crippen LogP) is 4.04. The Morgan fingerprint density at radius 3 is 2.54 bits per heavy atom. The normalized spacial score (nSPS) is 15.9. The van der Waals surface area contributed by atoms with E-state index in [1.807, 2.05) is 0 Å². The topological polar surface area (TPSA) is 96.7 Å². The molecule has 4 rings (SSSR count). The third kappa shape index (κ3) is 5.31. The Balaban J connectivity index is 1.59. The molecule has 0 saturated carbocycles. The fourth-order valence-electron chi connectivity index (χ4n) is 4.50. The average Bonchev–Trinajstić information content (AvgIpc) is 3.38. The number of benzene rings is 2. The molecule has 2 heterocycles. The molecule has 0 fully saturated rings. The summed E-state index contributed by atoms with van der Waals surface area (Å²) in [6.45, 7) is 3.63. The predicted molar refractivity (Wildman–Crippen MR) is 129 cm³/mol. The van der Waals surface area contributed by atoms with E-state index in [2.05, 4.69) is 10.4 Å². The van der Waals surface area contributed by atoms with Crippen LogP contribution in [0.3, 0.4) is 0 Å². The van der Waals surface area contributed by atoms with Gasteiger partial charge in [0.2, 0.25) is 0 Å². The summed E-state index contributed by atoms with van der Waals surface area (Å²) in [5, 5.41) is 17.3.